The Bertz CT molecular complexity index is 419. The normalized spacial score (nSPS) is 11.0. The Morgan fingerprint density at radius 3 is 2.53 bits per heavy atom. The number of hydrogen-bond donors (Lipinski definition) is 2. The van der Waals surface area contributed by atoms with Crippen molar-refractivity contribution in [2.75, 3.05) is 11.9 Å². The largest absolute Gasteiger partial charge is 0.383 e. The van der Waals surface area contributed by atoms with Gasteiger partial charge < -0.3 is 11.1 Å². The first-order valence-electron chi connectivity index (χ1n) is 5.77. The summed E-state index contributed by atoms with van der Waals surface area (Å²) in [5.74, 6) is 0. The predicted molar refractivity (Wildman–Crippen MR) is 72.2 cm³/mol. The summed E-state index contributed by atoms with van der Waals surface area (Å²) in [6.07, 6.45) is 1.83. The third-order valence-corrected chi connectivity index (χ3v) is 3.46. The highest BCUT2D eigenvalue weighted by molar-refractivity contribution is 6.32. The van der Waals surface area contributed by atoms with Gasteiger partial charge in [-0.3, -0.25) is 0 Å². The maximum Gasteiger partial charge on any atom is 0.101 e. The molecule has 0 radical (unpaired) electrons. The lowest BCUT2D eigenvalue weighted by atomic mass is 9.94. The second kappa shape index (κ2) is 5.90. The Morgan fingerprint density at radius 1 is 1.41 bits per heavy atom. The molecular weight excluding hydrogens is 234 g/mol. The van der Waals surface area contributed by atoms with E-state index >= 15 is 0 Å². The van der Waals surface area contributed by atoms with Crippen molar-refractivity contribution >= 4 is 17.3 Å². The van der Waals surface area contributed by atoms with Crippen LogP contribution in [0.3, 0.4) is 0 Å². The van der Waals surface area contributed by atoms with Crippen molar-refractivity contribution in [3.63, 3.8) is 0 Å². The molecule has 0 unspecified atom stereocenters. The highest BCUT2D eigenvalue weighted by Gasteiger charge is 2.19. The Hall–Kier alpha value is -1.24. The van der Waals surface area contributed by atoms with Crippen LogP contribution in [-0.4, -0.2) is 12.1 Å². The Kier molecular flexibility index (Phi) is 4.80. The van der Waals surface area contributed by atoms with Crippen LogP contribution >= 0.6 is 11.6 Å². The number of benzene rings is 1. The molecule has 17 heavy (non-hydrogen) atoms. The highest BCUT2D eigenvalue weighted by atomic mass is 35.5. The van der Waals surface area contributed by atoms with E-state index in [4.69, 9.17) is 22.6 Å². The lowest BCUT2D eigenvalue weighted by Crippen LogP contribution is -2.45. The molecule has 0 aliphatic rings. The monoisotopic (exact) mass is 251 g/mol. The van der Waals surface area contributed by atoms with Crippen LogP contribution in [0.5, 0.6) is 0 Å². The van der Waals surface area contributed by atoms with Crippen molar-refractivity contribution in [1.82, 2.24) is 0 Å². The molecule has 0 saturated heterocycles. The molecule has 1 aromatic rings. The van der Waals surface area contributed by atoms with Crippen LogP contribution in [0.15, 0.2) is 18.2 Å². The molecule has 3 N–H and O–H groups in total. The van der Waals surface area contributed by atoms with Gasteiger partial charge in [0, 0.05) is 17.8 Å². The lowest BCUT2D eigenvalue weighted by molar-refractivity contribution is 0.418. The number of hydrogen-bond acceptors (Lipinski definition) is 3. The molecule has 0 aliphatic carbocycles. The first kappa shape index (κ1) is 13.8. The third kappa shape index (κ3) is 3.62. The number of nitriles is 1. The van der Waals surface area contributed by atoms with Crippen LogP contribution in [0.2, 0.25) is 5.02 Å². The van der Waals surface area contributed by atoms with E-state index < -0.39 is 0 Å². The topological polar surface area (TPSA) is 61.8 Å². The van der Waals surface area contributed by atoms with Gasteiger partial charge in [-0.2, -0.15) is 5.26 Å². The van der Waals surface area contributed by atoms with Gasteiger partial charge in [-0.25, -0.2) is 0 Å². The summed E-state index contributed by atoms with van der Waals surface area (Å²) >= 11 is 5.95. The van der Waals surface area contributed by atoms with E-state index in [1.54, 1.807) is 12.1 Å². The molecule has 0 spiro atoms. The first-order valence-corrected chi connectivity index (χ1v) is 6.15. The van der Waals surface area contributed by atoms with Crippen LogP contribution < -0.4 is 11.1 Å². The fourth-order valence-electron chi connectivity index (χ4n) is 1.49. The standard InChI is InChI=1S/C13H18ClN3/c1-3-13(16,4-2)9-17-11-6-5-10(8-15)12(14)7-11/h5-7,17H,3-4,9,16H2,1-2H3. The van der Waals surface area contributed by atoms with Gasteiger partial charge in [0.05, 0.1) is 10.6 Å². The van der Waals surface area contributed by atoms with E-state index in [2.05, 4.69) is 19.2 Å². The summed E-state index contributed by atoms with van der Waals surface area (Å²) < 4.78 is 0. The average molecular weight is 252 g/mol. The van der Waals surface area contributed by atoms with Crippen molar-refractivity contribution in [1.29, 1.82) is 5.26 Å². The van der Waals surface area contributed by atoms with Crippen molar-refractivity contribution in [2.24, 2.45) is 5.73 Å². The molecule has 0 atom stereocenters. The lowest BCUT2D eigenvalue weighted by Gasteiger charge is -2.27. The van der Waals surface area contributed by atoms with Crippen molar-refractivity contribution < 1.29 is 0 Å². The molecule has 0 aliphatic heterocycles. The van der Waals surface area contributed by atoms with Crippen molar-refractivity contribution in [3.05, 3.63) is 28.8 Å². The van der Waals surface area contributed by atoms with E-state index in [9.17, 15) is 0 Å². The molecular formula is C13H18ClN3. The number of nitrogens with zero attached hydrogens (tertiary/aromatic N) is 1. The molecule has 0 heterocycles. The summed E-state index contributed by atoms with van der Waals surface area (Å²) in [6, 6.07) is 7.34. The zero-order valence-corrected chi connectivity index (χ0v) is 11.0. The van der Waals surface area contributed by atoms with E-state index in [0.29, 0.717) is 17.1 Å². The summed E-state index contributed by atoms with van der Waals surface area (Å²) in [7, 11) is 0. The maximum atomic E-state index is 8.77. The summed E-state index contributed by atoms with van der Waals surface area (Å²) in [4.78, 5) is 0. The molecule has 1 rings (SSSR count). The van der Waals surface area contributed by atoms with Gasteiger partial charge >= 0.3 is 0 Å². The molecule has 0 amide bonds. The molecule has 0 bridgehead atoms. The van der Waals surface area contributed by atoms with E-state index in [1.807, 2.05) is 12.1 Å². The Labute approximate surface area is 108 Å². The Balaban J connectivity index is 2.71. The molecule has 3 nitrogen and oxygen atoms in total. The smallest absolute Gasteiger partial charge is 0.101 e. The van der Waals surface area contributed by atoms with Crippen LogP contribution in [-0.2, 0) is 0 Å². The van der Waals surface area contributed by atoms with Gasteiger partial charge in [-0.1, -0.05) is 25.4 Å². The Morgan fingerprint density at radius 2 is 2.06 bits per heavy atom. The highest BCUT2D eigenvalue weighted by Crippen LogP contribution is 2.21. The number of nitrogens with two attached hydrogens (primary N) is 1. The fraction of sp³-hybridized carbons (Fsp3) is 0.462. The average Bonchev–Trinajstić information content (AvgIpc) is 2.36. The zero-order valence-electron chi connectivity index (χ0n) is 10.3. The van der Waals surface area contributed by atoms with Crippen LogP contribution in [0, 0.1) is 11.3 Å². The zero-order chi connectivity index (χ0) is 12.9. The molecule has 92 valence electrons. The van der Waals surface area contributed by atoms with Crippen molar-refractivity contribution in [3.8, 4) is 6.07 Å². The molecule has 4 heteroatoms. The minimum atomic E-state index is -0.194. The summed E-state index contributed by atoms with van der Waals surface area (Å²) in [5.41, 5.74) is 7.38. The number of anilines is 1. The summed E-state index contributed by atoms with van der Waals surface area (Å²) in [5, 5.41) is 12.5. The minimum absolute atomic E-state index is 0.194. The second-order valence-corrected chi connectivity index (χ2v) is 4.64. The number of rotatable bonds is 5. The minimum Gasteiger partial charge on any atom is -0.383 e. The van der Waals surface area contributed by atoms with Gasteiger partial charge in [-0.05, 0) is 31.0 Å². The third-order valence-electron chi connectivity index (χ3n) is 3.14. The van der Waals surface area contributed by atoms with Crippen LogP contribution in [0.25, 0.3) is 0 Å². The van der Waals surface area contributed by atoms with Crippen LogP contribution in [0.4, 0.5) is 5.69 Å². The van der Waals surface area contributed by atoms with Crippen molar-refractivity contribution in [2.45, 2.75) is 32.2 Å². The van der Waals surface area contributed by atoms with Gasteiger partial charge in [-0.15, -0.1) is 0 Å². The van der Waals surface area contributed by atoms with Gasteiger partial charge in [0.2, 0.25) is 0 Å². The fourth-order valence-corrected chi connectivity index (χ4v) is 1.72. The SMILES string of the molecule is CCC(N)(CC)CNc1ccc(C#N)c(Cl)c1. The molecule has 0 fully saturated rings. The molecule has 0 saturated carbocycles. The molecule has 0 aromatic heterocycles. The van der Waals surface area contributed by atoms with Crippen LogP contribution in [0.1, 0.15) is 32.3 Å². The van der Waals surface area contributed by atoms with E-state index in [-0.39, 0.29) is 5.54 Å². The second-order valence-electron chi connectivity index (χ2n) is 4.23. The van der Waals surface area contributed by atoms with Gasteiger partial charge in [0.25, 0.3) is 0 Å². The number of nitrogens with one attached hydrogen (secondary N) is 1. The molecule has 1 aromatic carbocycles. The first-order chi connectivity index (χ1) is 8.04. The summed E-state index contributed by atoms with van der Waals surface area (Å²) in [6.45, 7) is 4.86. The van der Waals surface area contributed by atoms with Gasteiger partial charge in [0.1, 0.15) is 6.07 Å². The van der Waals surface area contributed by atoms with E-state index in [0.717, 1.165) is 18.5 Å². The number of halogens is 1. The maximum absolute atomic E-state index is 8.77. The van der Waals surface area contributed by atoms with E-state index in [1.165, 1.54) is 0 Å². The van der Waals surface area contributed by atoms with Gasteiger partial charge in [0.15, 0.2) is 0 Å². The quantitative estimate of drug-likeness (QED) is 0.845. The predicted octanol–water partition coefficient (Wildman–Crippen LogP) is 3.14.